The first-order valence-electron chi connectivity index (χ1n) is 6.92. The van der Waals surface area contributed by atoms with E-state index in [2.05, 4.69) is 37.5 Å². The lowest BCUT2D eigenvalue weighted by molar-refractivity contribution is 0.586. The smallest absolute Gasteiger partial charge is 0.254 e. The maximum absolute atomic E-state index is 12.7. The van der Waals surface area contributed by atoms with Gasteiger partial charge < -0.3 is 4.98 Å². The zero-order valence-electron chi connectivity index (χ0n) is 11.5. The number of nitrogens with one attached hydrogen (secondary N) is 1. The molecule has 1 aromatic carbocycles. The monoisotopic (exact) mass is 425 g/mol. The molecule has 0 radical (unpaired) electrons. The Balaban J connectivity index is 1.96. The minimum Gasteiger partial charge on any atom is -0.345 e. The van der Waals surface area contributed by atoms with E-state index >= 15 is 0 Å². The molecule has 0 atom stereocenters. The number of aromatic amines is 1. The summed E-state index contributed by atoms with van der Waals surface area (Å²) >= 11 is 2.22. The second-order valence-electron chi connectivity index (χ2n) is 5.34. The Labute approximate surface area is 141 Å². The average molecular weight is 425 g/mol. The molecule has 5 nitrogen and oxygen atoms in total. The number of halogens is 1. The molecule has 3 aromatic rings. The Kier molecular flexibility index (Phi) is 3.23. The van der Waals surface area contributed by atoms with Crippen LogP contribution in [0.1, 0.15) is 24.5 Å². The van der Waals surface area contributed by atoms with E-state index in [1.54, 1.807) is 30.3 Å². The molecule has 1 fully saturated rings. The van der Waals surface area contributed by atoms with Gasteiger partial charge in [-0.2, -0.15) is 4.98 Å². The van der Waals surface area contributed by atoms with Crippen LogP contribution < -0.4 is 0 Å². The number of H-pyrrole nitrogens is 1. The Hall–Kier alpha value is -1.48. The van der Waals surface area contributed by atoms with Crippen LogP contribution in [0.25, 0.3) is 11.0 Å². The van der Waals surface area contributed by atoms with Crippen molar-refractivity contribution in [3.8, 4) is 0 Å². The summed E-state index contributed by atoms with van der Waals surface area (Å²) in [6.45, 7) is 0. The van der Waals surface area contributed by atoms with Crippen molar-refractivity contribution in [2.24, 2.45) is 0 Å². The Morgan fingerprint density at radius 3 is 2.55 bits per heavy atom. The number of aromatic nitrogens is 3. The SMILES string of the molecule is O=S(=O)(c1ccccc1)c1nc(C2CC2)c2c(I)c[nH]c2n1. The summed E-state index contributed by atoms with van der Waals surface area (Å²) in [5.74, 6) is 0.347. The van der Waals surface area contributed by atoms with Gasteiger partial charge in [0.25, 0.3) is 5.16 Å². The quantitative estimate of drug-likeness (QED) is 0.517. The zero-order valence-corrected chi connectivity index (χ0v) is 14.4. The van der Waals surface area contributed by atoms with Gasteiger partial charge in [0.15, 0.2) is 0 Å². The third-order valence-electron chi connectivity index (χ3n) is 3.75. The maximum atomic E-state index is 12.7. The Morgan fingerprint density at radius 1 is 1.14 bits per heavy atom. The number of nitrogens with zero attached hydrogens (tertiary/aromatic N) is 2. The highest BCUT2D eigenvalue weighted by atomic mass is 127. The minimum absolute atomic E-state index is 0.119. The van der Waals surface area contributed by atoms with Crippen LogP contribution in [0.4, 0.5) is 0 Å². The van der Waals surface area contributed by atoms with Crippen LogP contribution in [-0.2, 0) is 9.84 Å². The van der Waals surface area contributed by atoms with Crippen LogP contribution in [0.3, 0.4) is 0 Å². The van der Waals surface area contributed by atoms with Crippen LogP contribution in [-0.4, -0.2) is 23.4 Å². The lowest BCUT2D eigenvalue weighted by atomic mass is 10.2. The van der Waals surface area contributed by atoms with Gasteiger partial charge >= 0.3 is 0 Å². The lowest BCUT2D eigenvalue weighted by Crippen LogP contribution is -2.09. The molecule has 1 N–H and O–H groups in total. The van der Waals surface area contributed by atoms with E-state index in [1.165, 1.54) is 0 Å². The van der Waals surface area contributed by atoms with Crippen molar-refractivity contribution < 1.29 is 8.42 Å². The number of benzene rings is 1. The molecular weight excluding hydrogens is 413 g/mol. The number of hydrogen-bond acceptors (Lipinski definition) is 4. The summed E-state index contributed by atoms with van der Waals surface area (Å²) in [6.07, 6.45) is 3.95. The summed E-state index contributed by atoms with van der Waals surface area (Å²) in [5, 5.41) is 0.835. The summed E-state index contributed by atoms with van der Waals surface area (Å²) < 4.78 is 26.5. The summed E-state index contributed by atoms with van der Waals surface area (Å²) in [7, 11) is -3.69. The van der Waals surface area contributed by atoms with Gasteiger partial charge in [0, 0.05) is 15.7 Å². The van der Waals surface area contributed by atoms with E-state index in [0.717, 1.165) is 27.5 Å². The van der Waals surface area contributed by atoms with Crippen LogP contribution in [0, 0.1) is 3.57 Å². The predicted octanol–water partition coefficient (Wildman–Crippen LogP) is 3.27. The van der Waals surface area contributed by atoms with E-state index in [4.69, 9.17) is 0 Å². The van der Waals surface area contributed by atoms with Gasteiger partial charge in [0.2, 0.25) is 9.84 Å². The van der Waals surface area contributed by atoms with Crippen molar-refractivity contribution in [1.29, 1.82) is 0 Å². The second-order valence-corrected chi connectivity index (χ2v) is 8.35. The largest absolute Gasteiger partial charge is 0.345 e. The molecule has 0 aliphatic heterocycles. The molecular formula is C15H12IN3O2S. The van der Waals surface area contributed by atoms with Crippen molar-refractivity contribution in [1.82, 2.24) is 15.0 Å². The molecule has 4 rings (SSSR count). The fourth-order valence-electron chi connectivity index (χ4n) is 2.48. The van der Waals surface area contributed by atoms with Crippen molar-refractivity contribution in [3.05, 3.63) is 45.8 Å². The molecule has 22 heavy (non-hydrogen) atoms. The molecule has 1 saturated carbocycles. The van der Waals surface area contributed by atoms with Crippen LogP contribution >= 0.6 is 22.6 Å². The molecule has 2 heterocycles. The number of hydrogen-bond donors (Lipinski definition) is 1. The molecule has 0 spiro atoms. The van der Waals surface area contributed by atoms with Gasteiger partial charge in [0.1, 0.15) is 5.65 Å². The van der Waals surface area contributed by atoms with Crippen LogP contribution in [0.15, 0.2) is 46.6 Å². The van der Waals surface area contributed by atoms with Crippen molar-refractivity contribution in [2.75, 3.05) is 0 Å². The van der Waals surface area contributed by atoms with Crippen molar-refractivity contribution >= 4 is 43.5 Å². The van der Waals surface area contributed by atoms with Gasteiger partial charge in [-0.05, 0) is 47.6 Å². The van der Waals surface area contributed by atoms with Crippen LogP contribution in [0.5, 0.6) is 0 Å². The van der Waals surface area contributed by atoms with E-state index in [-0.39, 0.29) is 10.1 Å². The van der Waals surface area contributed by atoms with Gasteiger partial charge in [0.05, 0.1) is 16.0 Å². The zero-order chi connectivity index (χ0) is 15.3. The molecule has 0 unspecified atom stereocenters. The Morgan fingerprint density at radius 2 is 1.86 bits per heavy atom. The van der Waals surface area contributed by atoms with E-state index in [9.17, 15) is 8.42 Å². The fraction of sp³-hybridized carbons (Fsp3) is 0.200. The van der Waals surface area contributed by atoms with E-state index in [0.29, 0.717) is 11.6 Å². The van der Waals surface area contributed by atoms with Crippen molar-refractivity contribution in [2.45, 2.75) is 28.8 Å². The topological polar surface area (TPSA) is 75.7 Å². The summed E-state index contributed by atoms with van der Waals surface area (Å²) in [6, 6.07) is 8.32. The average Bonchev–Trinajstić information content (AvgIpc) is 3.31. The molecule has 7 heteroatoms. The molecule has 1 aliphatic rings. The normalized spacial score (nSPS) is 15.3. The summed E-state index contributed by atoms with van der Waals surface area (Å²) in [5.41, 5.74) is 1.45. The third-order valence-corrected chi connectivity index (χ3v) is 6.16. The number of sulfone groups is 1. The number of rotatable bonds is 3. The highest BCUT2D eigenvalue weighted by Crippen LogP contribution is 2.43. The second kappa shape index (κ2) is 5.02. The van der Waals surface area contributed by atoms with Gasteiger partial charge in [-0.1, -0.05) is 18.2 Å². The molecule has 0 bridgehead atoms. The summed E-state index contributed by atoms with van der Waals surface area (Å²) in [4.78, 5) is 11.9. The lowest BCUT2D eigenvalue weighted by Gasteiger charge is -2.07. The van der Waals surface area contributed by atoms with E-state index < -0.39 is 9.84 Å². The molecule has 2 aromatic heterocycles. The standard InChI is InChI=1S/C15H12IN3O2S/c16-11-8-17-14-12(11)13(9-6-7-9)18-15(19-14)22(20,21)10-4-2-1-3-5-10/h1-5,8-9H,6-7H2,(H,17,18,19). The molecule has 112 valence electrons. The highest BCUT2D eigenvalue weighted by molar-refractivity contribution is 14.1. The third kappa shape index (κ3) is 2.23. The maximum Gasteiger partial charge on any atom is 0.254 e. The first-order chi connectivity index (χ1) is 10.6. The highest BCUT2D eigenvalue weighted by Gasteiger charge is 2.31. The Bertz CT molecular complexity index is 963. The first kappa shape index (κ1) is 14.1. The molecule has 0 saturated heterocycles. The minimum atomic E-state index is -3.69. The molecule has 0 amide bonds. The number of fused-ring (bicyclic) bond motifs is 1. The van der Waals surface area contributed by atoms with Crippen molar-refractivity contribution in [3.63, 3.8) is 0 Å². The van der Waals surface area contributed by atoms with E-state index in [1.807, 2.05) is 6.20 Å². The van der Waals surface area contributed by atoms with Gasteiger partial charge in [-0.15, -0.1) is 0 Å². The van der Waals surface area contributed by atoms with Gasteiger partial charge in [-0.3, -0.25) is 0 Å². The van der Waals surface area contributed by atoms with Gasteiger partial charge in [-0.25, -0.2) is 13.4 Å². The van der Waals surface area contributed by atoms with Crippen LogP contribution in [0.2, 0.25) is 0 Å². The molecule has 1 aliphatic carbocycles. The first-order valence-corrected chi connectivity index (χ1v) is 9.48. The predicted molar refractivity (Wildman–Crippen MR) is 90.5 cm³/mol. The fourth-order valence-corrected chi connectivity index (χ4v) is 4.32.